The molecule has 282 valence electrons. The fourth-order valence-corrected chi connectivity index (χ4v) is 6.05. The van der Waals surface area contributed by atoms with Gasteiger partial charge in [0.05, 0.1) is 12.1 Å². The first-order chi connectivity index (χ1) is 24.9. The summed E-state index contributed by atoms with van der Waals surface area (Å²) in [7, 11) is 1.21. The van der Waals surface area contributed by atoms with Crippen molar-refractivity contribution in [3.8, 4) is 0 Å². The first-order valence-corrected chi connectivity index (χ1v) is 17.1. The molecule has 0 heterocycles. The number of rotatable bonds is 13. The highest BCUT2D eigenvalue weighted by Gasteiger charge is 2.48. The van der Waals surface area contributed by atoms with Gasteiger partial charge in [0.2, 0.25) is 5.91 Å². The van der Waals surface area contributed by atoms with E-state index in [1.165, 1.54) is 45.2 Å². The minimum Gasteiger partial charge on any atom is -0.444 e. The number of imide groups is 1. The van der Waals surface area contributed by atoms with Crippen molar-refractivity contribution in [1.82, 2.24) is 15.1 Å². The molecule has 3 atom stereocenters. The Balaban J connectivity index is 1.70. The average Bonchev–Trinajstić information content (AvgIpc) is 3.57. The minimum atomic E-state index is -5.30. The summed E-state index contributed by atoms with van der Waals surface area (Å²) < 4.78 is 46.1. The topological polar surface area (TPSA) is 156 Å². The number of nitrogens with two attached hydrogens (primary N) is 1. The molecule has 4 rings (SSSR count). The van der Waals surface area contributed by atoms with E-state index in [0.717, 1.165) is 20.9 Å². The molecule has 14 heteroatoms. The second-order valence-corrected chi connectivity index (χ2v) is 13.7. The van der Waals surface area contributed by atoms with Crippen LogP contribution in [0.15, 0.2) is 78.9 Å². The Morgan fingerprint density at radius 1 is 0.811 bits per heavy atom. The smallest absolute Gasteiger partial charge is 0.444 e. The van der Waals surface area contributed by atoms with Gasteiger partial charge in [0.25, 0.3) is 17.6 Å². The number of hydrogen-bond acceptors (Lipinski definition) is 8. The Bertz CT molecular complexity index is 1810. The molecule has 0 spiro atoms. The summed E-state index contributed by atoms with van der Waals surface area (Å²) in [5, 5.41) is 2.13. The zero-order valence-electron chi connectivity index (χ0n) is 30.1. The molecule has 0 saturated carbocycles. The lowest BCUT2D eigenvalue weighted by Gasteiger charge is -2.38. The van der Waals surface area contributed by atoms with Crippen LogP contribution in [0.4, 0.5) is 18.0 Å². The van der Waals surface area contributed by atoms with Gasteiger partial charge in [-0.25, -0.2) is 9.69 Å². The highest BCUT2D eigenvalue weighted by molar-refractivity contribution is 6.16. The lowest BCUT2D eigenvalue weighted by molar-refractivity contribution is -0.175. The predicted molar refractivity (Wildman–Crippen MR) is 188 cm³/mol. The normalized spacial score (nSPS) is 14.5. The van der Waals surface area contributed by atoms with Crippen LogP contribution in [-0.4, -0.2) is 82.6 Å². The van der Waals surface area contributed by atoms with Gasteiger partial charge in [-0.3, -0.25) is 24.0 Å². The van der Waals surface area contributed by atoms with Crippen LogP contribution in [0, 0.1) is 11.8 Å². The molecule has 53 heavy (non-hydrogen) atoms. The Morgan fingerprint density at radius 3 is 1.85 bits per heavy atom. The van der Waals surface area contributed by atoms with Crippen LogP contribution in [0.3, 0.4) is 0 Å². The Hall–Kier alpha value is -5.37. The van der Waals surface area contributed by atoms with Crippen molar-refractivity contribution in [2.24, 2.45) is 17.6 Å². The van der Waals surface area contributed by atoms with Crippen LogP contribution in [-0.2, 0) is 38.6 Å². The number of carbonyl (C=O) groups excluding carboxylic acids is 6. The second kappa shape index (κ2) is 17.0. The number of benzene rings is 3. The van der Waals surface area contributed by atoms with Crippen molar-refractivity contribution in [3.63, 3.8) is 0 Å². The summed E-state index contributed by atoms with van der Waals surface area (Å²) in [5.74, 6) is -7.55. The molecule has 2 unspecified atom stereocenters. The van der Waals surface area contributed by atoms with E-state index in [0.29, 0.717) is 5.56 Å². The second-order valence-electron chi connectivity index (χ2n) is 13.7. The van der Waals surface area contributed by atoms with Gasteiger partial charge < -0.3 is 20.7 Å². The summed E-state index contributed by atoms with van der Waals surface area (Å²) in [6, 6.07) is 14.8. The summed E-state index contributed by atoms with van der Waals surface area (Å²) in [6.45, 7) is 5.87. The van der Waals surface area contributed by atoms with Crippen LogP contribution in [0.25, 0.3) is 0 Å². The number of nitrogens with zero attached hydrogens (tertiary/aromatic N) is 2. The number of fused-ring (bicyclic) bond motifs is 1. The molecule has 0 aromatic heterocycles. The maximum Gasteiger partial charge on any atom is 0.452 e. The van der Waals surface area contributed by atoms with E-state index in [9.17, 15) is 41.9 Å². The molecule has 0 bridgehead atoms. The predicted octanol–water partition coefficient (Wildman–Crippen LogP) is 4.90. The number of ketones is 2. The van der Waals surface area contributed by atoms with E-state index in [-0.39, 0.29) is 30.6 Å². The third-order valence-corrected chi connectivity index (χ3v) is 9.18. The Kier molecular flexibility index (Phi) is 12.9. The molecular formula is C39H43F3N4O7. The van der Waals surface area contributed by atoms with Crippen molar-refractivity contribution in [1.29, 1.82) is 0 Å². The number of alkyl halides is 3. The third-order valence-electron chi connectivity index (χ3n) is 9.18. The van der Waals surface area contributed by atoms with Gasteiger partial charge in [-0.15, -0.1) is 0 Å². The standard InChI is InChI=1S/C39H43F3N4O7/c1-22(2)30(43)37(51)46(29-19-27-13-9-10-14-28(27)20-29)32(35(49)44-31(23(3)4)34(48)39(40,41)42)33(47)25-15-17-26(18-16-25)36(50)45(5)38(52)53-21-24-11-7-6-8-12-24/h6-18,22-23,29-32H,19-21,43H2,1-5H3,(H,44,49)/t30-,31?,32?/m0/s1. The van der Waals surface area contributed by atoms with Gasteiger partial charge in [0.15, 0.2) is 11.8 Å². The lowest BCUT2D eigenvalue weighted by Crippen LogP contribution is -2.63. The van der Waals surface area contributed by atoms with Crippen molar-refractivity contribution >= 4 is 35.4 Å². The van der Waals surface area contributed by atoms with Gasteiger partial charge >= 0.3 is 12.3 Å². The van der Waals surface area contributed by atoms with E-state index in [1.807, 2.05) is 12.1 Å². The van der Waals surface area contributed by atoms with Crippen LogP contribution >= 0.6 is 0 Å². The number of carbonyl (C=O) groups is 6. The molecule has 3 aromatic rings. The van der Waals surface area contributed by atoms with E-state index >= 15 is 0 Å². The lowest BCUT2D eigenvalue weighted by atomic mass is 9.94. The minimum absolute atomic E-state index is 0.0293. The average molecular weight is 737 g/mol. The number of ether oxygens (including phenoxy) is 1. The summed E-state index contributed by atoms with van der Waals surface area (Å²) >= 11 is 0. The summed E-state index contributed by atoms with van der Waals surface area (Å²) in [6.07, 6.45) is -5.79. The third kappa shape index (κ3) is 9.55. The number of amides is 4. The number of halogens is 3. The van der Waals surface area contributed by atoms with Gasteiger partial charge in [-0.05, 0) is 53.5 Å². The molecule has 1 aliphatic carbocycles. The monoisotopic (exact) mass is 736 g/mol. The van der Waals surface area contributed by atoms with Gasteiger partial charge in [0, 0.05) is 24.2 Å². The molecule has 1 aliphatic rings. The SMILES string of the molecule is CC(C)C(NC(=O)C(C(=O)c1ccc(C(=O)N(C)C(=O)OCc2ccccc2)cc1)N(C(=O)[C@@H](N)C(C)C)C1Cc2ccccc2C1)C(=O)C(F)(F)F. The summed E-state index contributed by atoms with van der Waals surface area (Å²) in [4.78, 5) is 82.8. The zero-order valence-corrected chi connectivity index (χ0v) is 30.1. The molecule has 3 aromatic carbocycles. The highest BCUT2D eigenvalue weighted by atomic mass is 19.4. The van der Waals surface area contributed by atoms with Gasteiger partial charge in [-0.1, -0.05) is 94.4 Å². The number of nitrogens with one attached hydrogen (secondary N) is 1. The van der Waals surface area contributed by atoms with Crippen LogP contribution in [0.5, 0.6) is 0 Å². The Labute approximate surface area is 305 Å². The number of Topliss-reactive ketones (excluding diaryl/α,β-unsaturated/α-hetero) is 2. The molecule has 0 aliphatic heterocycles. The Morgan fingerprint density at radius 2 is 1.34 bits per heavy atom. The molecule has 0 fully saturated rings. The van der Waals surface area contributed by atoms with Crippen LogP contribution < -0.4 is 11.1 Å². The molecule has 0 saturated heterocycles. The van der Waals surface area contributed by atoms with Crippen molar-refractivity contribution in [2.45, 2.75) is 77.5 Å². The van der Waals surface area contributed by atoms with Crippen LogP contribution in [0.2, 0.25) is 0 Å². The fourth-order valence-electron chi connectivity index (χ4n) is 6.05. The quantitative estimate of drug-likeness (QED) is 0.186. The van der Waals surface area contributed by atoms with Crippen molar-refractivity contribution in [2.75, 3.05) is 7.05 Å². The molecule has 11 nitrogen and oxygen atoms in total. The van der Waals surface area contributed by atoms with E-state index in [1.54, 1.807) is 56.3 Å². The highest BCUT2D eigenvalue weighted by Crippen LogP contribution is 2.30. The van der Waals surface area contributed by atoms with E-state index < -0.39 is 77.6 Å². The molecular weight excluding hydrogens is 693 g/mol. The largest absolute Gasteiger partial charge is 0.452 e. The van der Waals surface area contributed by atoms with Crippen molar-refractivity contribution in [3.05, 3.63) is 107 Å². The first kappa shape index (κ1) is 40.4. The molecule has 4 amide bonds. The zero-order chi connectivity index (χ0) is 39.2. The van der Waals surface area contributed by atoms with Gasteiger partial charge in [0.1, 0.15) is 6.61 Å². The summed E-state index contributed by atoms with van der Waals surface area (Å²) in [5.41, 5.74) is 8.50. The van der Waals surface area contributed by atoms with E-state index in [2.05, 4.69) is 5.32 Å². The van der Waals surface area contributed by atoms with Crippen molar-refractivity contribution < 1.29 is 46.7 Å². The molecule has 0 radical (unpaired) electrons. The first-order valence-electron chi connectivity index (χ1n) is 17.1. The van der Waals surface area contributed by atoms with Crippen LogP contribution in [0.1, 0.15) is 65.1 Å². The number of hydrogen-bond donors (Lipinski definition) is 2. The maximum absolute atomic E-state index is 14.4. The fraction of sp³-hybridized carbons (Fsp3) is 0.385. The van der Waals surface area contributed by atoms with Gasteiger partial charge in [-0.2, -0.15) is 13.2 Å². The maximum atomic E-state index is 14.4. The molecule has 3 N–H and O–H groups in total. The van der Waals surface area contributed by atoms with E-state index in [4.69, 9.17) is 10.5 Å².